The Balaban J connectivity index is 1.93. The quantitative estimate of drug-likeness (QED) is 0.807. The van der Waals surface area contributed by atoms with Crippen LogP contribution in [-0.4, -0.2) is 13.2 Å². The summed E-state index contributed by atoms with van der Waals surface area (Å²) in [6, 6.07) is 13.2. The second kappa shape index (κ2) is 4.82. The fourth-order valence-electron chi connectivity index (χ4n) is 2.20. The van der Waals surface area contributed by atoms with Gasteiger partial charge in [0.1, 0.15) is 13.2 Å². The number of hydrogen-bond acceptors (Lipinski definition) is 4. The highest BCUT2D eigenvalue weighted by Crippen LogP contribution is 2.33. The number of hydrogen-bond donors (Lipinski definition) is 2. The molecule has 3 rings (SSSR count). The lowest BCUT2D eigenvalue weighted by molar-refractivity contribution is 0.171. The summed E-state index contributed by atoms with van der Waals surface area (Å²) < 4.78 is 11.1. The van der Waals surface area contributed by atoms with E-state index >= 15 is 0 Å². The molecule has 98 valence electrons. The maximum absolute atomic E-state index is 6.27. The lowest BCUT2D eigenvalue weighted by atomic mass is 9.99. The minimum atomic E-state index is -0.223. The number of ether oxygens (including phenoxy) is 2. The molecule has 4 N–H and O–H groups in total. The smallest absolute Gasteiger partial charge is 0.161 e. The highest BCUT2D eigenvalue weighted by Gasteiger charge is 2.15. The normalized spacial score (nSPS) is 15.0. The fraction of sp³-hybridized carbons (Fsp3) is 0.200. The predicted molar refractivity (Wildman–Crippen MR) is 74.3 cm³/mol. The molecule has 1 aliphatic heterocycles. The van der Waals surface area contributed by atoms with Crippen LogP contribution in [0.2, 0.25) is 0 Å². The van der Waals surface area contributed by atoms with Gasteiger partial charge in [-0.3, -0.25) is 0 Å². The summed E-state index contributed by atoms with van der Waals surface area (Å²) >= 11 is 0. The van der Waals surface area contributed by atoms with Crippen LogP contribution in [-0.2, 0) is 0 Å². The van der Waals surface area contributed by atoms with Crippen LogP contribution in [0.1, 0.15) is 17.2 Å². The van der Waals surface area contributed by atoms with Crippen molar-refractivity contribution in [3.05, 3.63) is 53.6 Å². The molecule has 0 bridgehead atoms. The number of benzene rings is 2. The minimum absolute atomic E-state index is 0.223. The molecular weight excluding hydrogens is 240 g/mol. The van der Waals surface area contributed by atoms with E-state index in [0.29, 0.717) is 18.9 Å². The fourth-order valence-corrected chi connectivity index (χ4v) is 2.20. The Kier molecular flexibility index (Phi) is 3.01. The lowest BCUT2D eigenvalue weighted by Gasteiger charge is -2.20. The molecule has 0 aliphatic carbocycles. The zero-order valence-electron chi connectivity index (χ0n) is 10.5. The highest BCUT2D eigenvalue weighted by atomic mass is 16.6. The third-order valence-corrected chi connectivity index (χ3v) is 3.20. The van der Waals surface area contributed by atoms with Gasteiger partial charge < -0.3 is 20.9 Å². The second-order valence-electron chi connectivity index (χ2n) is 4.55. The lowest BCUT2D eigenvalue weighted by Crippen LogP contribution is -2.17. The summed E-state index contributed by atoms with van der Waals surface area (Å²) in [5.41, 5.74) is 14.7. The van der Waals surface area contributed by atoms with E-state index in [4.69, 9.17) is 20.9 Å². The van der Waals surface area contributed by atoms with Crippen LogP contribution in [0.5, 0.6) is 11.5 Å². The maximum atomic E-state index is 6.27. The van der Waals surface area contributed by atoms with Gasteiger partial charge in [-0.05, 0) is 35.4 Å². The molecule has 1 unspecified atom stereocenters. The summed E-state index contributed by atoms with van der Waals surface area (Å²) in [6.07, 6.45) is 0. The molecule has 19 heavy (non-hydrogen) atoms. The van der Waals surface area contributed by atoms with E-state index in [2.05, 4.69) is 0 Å². The number of anilines is 1. The summed E-state index contributed by atoms with van der Waals surface area (Å²) in [5.74, 6) is 1.53. The Morgan fingerprint density at radius 3 is 2.42 bits per heavy atom. The van der Waals surface area contributed by atoms with Crippen LogP contribution in [0.4, 0.5) is 5.69 Å². The predicted octanol–water partition coefficient (Wildman–Crippen LogP) is 2.09. The third kappa shape index (κ3) is 2.35. The summed E-state index contributed by atoms with van der Waals surface area (Å²) in [7, 11) is 0. The van der Waals surface area contributed by atoms with Crippen molar-refractivity contribution >= 4 is 5.69 Å². The first-order valence-corrected chi connectivity index (χ1v) is 6.24. The van der Waals surface area contributed by atoms with Gasteiger partial charge in [-0.2, -0.15) is 0 Å². The molecule has 0 spiro atoms. The molecule has 1 atom stereocenters. The van der Waals surface area contributed by atoms with Crippen molar-refractivity contribution in [1.82, 2.24) is 0 Å². The van der Waals surface area contributed by atoms with Crippen molar-refractivity contribution in [3.8, 4) is 11.5 Å². The summed E-state index contributed by atoms with van der Waals surface area (Å²) in [5, 5.41) is 0. The standard InChI is InChI=1S/C15H16N2O2/c16-12-3-1-2-10(8-12)15(17)11-4-5-13-14(9-11)19-7-6-18-13/h1-5,8-9,15H,6-7,16-17H2. The molecule has 4 nitrogen and oxygen atoms in total. The molecule has 0 fully saturated rings. The molecule has 0 saturated carbocycles. The first-order valence-electron chi connectivity index (χ1n) is 6.24. The van der Waals surface area contributed by atoms with E-state index in [1.54, 1.807) is 0 Å². The van der Waals surface area contributed by atoms with E-state index in [1.165, 1.54) is 0 Å². The summed E-state index contributed by atoms with van der Waals surface area (Å²) in [4.78, 5) is 0. The van der Waals surface area contributed by atoms with Gasteiger partial charge in [0.25, 0.3) is 0 Å². The Hall–Kier alpha value is -2.20. The molecule has 1 heterocycles. The van der Waals surface area contributed by atoms with Gasteiger partial charge in [0, 0.05) is 5.69 Å². The van der Waals surface area contributed by atoms with Crippen LogP contribution in [0, 0.1) is 0 Å². The molecule has 0 radical (unpaired) electrons. The molecule has 0 amide bonds. The average Bonchev–Trinajstić information content (AvgIpc) is 2.46. The van der Waals surface area contributed by atoms with Crippen molar-refractivity contribution < 1.29 is 9.47 Å². The highest BCUT2D eigenvalue weighted by molar-refractivity contribution is 5.48. The van der Waals surface area contributed by atoms with Crippen molar-refractivity contribution in [2.75, 3.05) is 18.9 Å². The topological polar surface area (TPSA) is 70.5 Å². The van der Waals surface area contributed by atoms with Crippen LogP contribution >= 0.6 is 0 Å². The van der Waals surface area contributed by atoms with Gasteiger partial charge >= 0.3 is 0 Å². The molecule has 2 aromatic rings. The van der Waals surface area contributed by atoms with Gasteiger partial charge in [0.2, 0.25) is 0 Å². The Morgan fingerprint density at radius 1 is 0.895 bits per heavy atom. The third-order valence-electron chi connectivity index (χ3n) is 3.20. The van der Waals surface area contributed by atoms with Crippen LogP contribution in [0.15, 0.2) is 42.5 Å². The van der Waals surface area contributed by atoms with Crippen molar-refractivity contribution in [2.24, 2.45) is 5.73 Å². The van der Waals surface area contributed by atoms with Gasteiger partial charge in [0.15, 0.2) is 11.5 Å². The van der Waals surface area contributed by atoms with Gasteiger partial charge in [-0.25, -0.2) is 0 Å². The van der Waals surface area contributed by atoms with Gasteiger partial charge in [0.05, 0.1) is 6.04 Å². The van der Waals surface area contributed by atoms with E-state index in [0.717, 1.165) is 22.6 Å². The minimum Gasteiger partial charge on any atom is -0.486 e. The second-order valence-corrected chi connectivity index (χ2v) is 4.55. The molecule has 0 saturated heterocycles. The van der Waals surface area contributed by atoms with E-state index in [9.17, 15) is 0 Å². The number of nitrogen functional groups attached to an aromatic ring is 1. The van der Waals surface area contributed by atoms with E-state index < -0.39 is 0 Å². The number of fused-ring (bicyclic) bond motifs is 1. The Bertz CT molecular complexity index is 598. The number of nitrogens with two attached hydrogens (primary N) is 2. The van der Waals surface area contributed by atoms with E-state index in [-0.39, 0.29) is 6.04 Å². The van der Waals surface area contributed by atoms with Gasteiger partial charge in [-0.15, -0.1) is 0 Å². The Labute approximate surface area is 111 Å². The largest absolute Gasteiger partial charge is 0.486 e. The molecule has 0 aromatic heterocycles. The zero-order chi connectivity index (χ0) is 13.2. The van der Waals surface area contributed by atoms with Crippen LogP contribution in [0.3, 0.4) is 0 Å². The first-order chi connectivity index (χ1) is 9.24. The molecule has 1 aliphatic rings. The molecule has 4 heteroatoms. The molecular formula is C15H16N2O2. The van der Waals surface area contributed by atoms with E-state index in [1.807, 2.05) is 42.5 Å². The average molecular weight is 256 g/mol. The van der Waals surface area contributed by atoms with Crippen LogP contribution in [0.25, 0.3) is 0 Å². The van der Waals surface area contributed by atoms with Crippen LogP contribution < -0.4 is 20.9 Å². The molecule has 2 aromatic carbocycles. The maximum Gasteiger partial charge on any atom is 0.161 e. The Morgan fingerprint density at radius 2 is 1.63 bits per heavy atom. The number of rotatable bonds is 2. The SMILES string of the molecule is Nc1cccc(C(N)c2ccc3c(c2)OCCO3)c1. The zero-order valence-corrected chi connectivity index (χ0v) is 10.5. The first kappa shape index (κ1) is 11.9. The van der Waals surface area contributed by atoms with Crippen molar-refractivity contribution in [3.63, 3.8) is 0 Å². The van der Waals surface area contributed by atoms with Crippen molar-refractivity contribution in [1.29, 1.82) is 0 Å². The summed E-state index contributed by atoms with van der Waals surface area (Å²) in [6.45, 7) is 1.16. The van der Waals surface area contributed by atoms with Gasteiger partial charge in [-0.1, -0.05) is 18.2 Å². The monoisotopic (exact) mass is 256 g/mol. The van der Waals surface area contributed by atoms with Crippen molar-refractivity contribution in [2.45, 2.75) is 6.04 Å².